The van der Waals surface area contributed by atoms with Gasteiger partial charge in [0.1, 0.15) is 0 Å². The fourth-order valence-corrected chi connectivity index (χ4v) is 1.25. The van der Waals surface area contributed by atoms with Crippen LogP contribution in [0, 0.1) is 0 Å². The van der Waals surface area contributed by atoms with Gasteiger partial charge in [-0.05, 0) is 24.3 Å². The molecule has 2 aromatic rings. The number of nitrogen functional groups attached to an aromatic ring is 1. The van der Waals surface area contributed by atoms with E-state index >= 15 is 0 Å². The maximum Gasteiger partial charge on any atom is 0.283 e. The van der Waals surface area contributed by atoms with E-state index < -0.39 is 5.56 Å². The summed E-state index contributed by atoms with van der Waals surface area (Å²) in [6, 6.07) is 7.85. The molecule has 0 bridgehead atoms. The quantitative estimate of drug-likeness (QED) is 0.461. The molecule has 0 unspecified atom stereocenters. The second-order valence-electron chi connectivity index (χ2n) is 2.80. The van der Waals surface area contributed by atoms with Gasteiger partial charge in [0.25, 0.3) is 5.56 Å². The first-order valence-electron chi connectivity index (χ1n) is 3.79. The summed E-state index contributed by atoms with van der Waals surface area (Å²) in [5.74, 6) is 0. The third-order valence-electron chi connectivity index (χ3n) is 1.89. The van der Waals surface area contributed by atoms with Crippen molar-refractivity contribution in [3.63, 3.8) is 0 Å². The zero-order valence-electron chi connectivity index (χ0n) is 6.77. The Morgan fingerprint density at radius 3 is 2.77 bits per heavy atom. The fourth-order valence-electron chi connectivity index (χ4n) is 1.25. The maximum absolute atomic E-state index is 11.0. The van der Waals surface area contributed by atoms with Crippen molar-refractivity contribution in [2.24, 2.45) is 0 Å². The van der Waals surface area contributed by atoms with Gasteiger partial charge in [-0.25, -0.2) is 0 Å². The van der Waals surface area contributed by atoms with Crippen molar-refractivity contribution in [3.8, 4) is 0 Å². The number of benzene rings is 1. The summed E-state index contributed by atoms with van der Waals surface area (Å²) in [6.07, 6.45) is 0. The van der Waals surface area contributed by atoms with E-state index in [0.717, 1.165) is 5.39 Å². The number of fused-ring (bicyclic) bond motifs is 1. The molecular formula is C9H8N2O2. The highest BCUT2D eigenvalue weighted by Gasteiger charge is 2.00. The van der Waals surface area contributed by atoms with E-state index in [1.807, 2.05) is 0 Å². The molecule has 13 heavy (non-hydrogen) atoms. The monoisotopic (exact) mass is 176 g/mol. The van der Waals surface area contributed by atoms with Crippen molar-refractivity contribution >= 4 is 16.6 Å². The highest BCUT2D eigenvalue weighted by molar-refractivity contribution is 5.81. The molecule has 1 aromatic heterocycles. The summed E-state index contributed by atoms with van der Waals surface area (Å²) in [7, 11) is 0. The van der Waals surface area contributed by atoms with Crippen LogP contribution in [0.15, 0.2) is 35.1 Å². The number of pyridine rings is 1. The highest BCUT2D eigenvalue weighted by atomic mass is 16.5. The van der Waals surface area contributed by atoms with Crippen LogP contribution in [0.3, 0.4) is 0 Å². The molecule has 1 heterocycles. The van der Waals surface area contributed by atoms with Crippen LogP contribution >= 0.6 is 0 Å². The van der Waals surface area contributed by atoms with Gasteiger partial charge in [-0.2, -0.15) is 0 Å². The second-order valence-corrected chi connectivity index (χ2v) is 2.80. The van der Waals surface area contributed by atoms with Gasteiger partial charge in [0.05, 0.1) is 5.52 Å². The molecule has 4 nitrogen and oxygen atoms in total. The van der Waals surface area contributed by atoms with Crippen LogP contribution in [0.25, 0.3) is 10.9 Å². The van der Waals surface area contributed by atoms with Crippen molar-refractivity contribution < 1.29 is 5.21 Å². The normalized spacial score (nSPS) is 10.5. The SMILES string of the molecule is Nc1ccc2c(ccc(=O)n2O)c1. The Hall–Kier alpha value is -1.97. The predicted molar refractivity (Wildman–Crippen MR) is 49.8 cm³/mol. The number of rotatable bonds is 0. The standard InChI is InChI=1S/C9H8N2O2/c10-7-2-3-8-6(5-7)1-4-9(12)11(8)13/h1-5,13H,10H2. The molecule has 1 aromatic carbocycles. The van der Waals surface area contributed by atoms with Crippen molar-refractivity contribution in [1.82, 2.24) is 4.73 Å². The minimum absolute atomic E-state index is 0.447. The average Bonchev–Trinajstić information content (AvgIpc) is 2.12. The molecule has 3 N–H and O–H groups in total. The lowest BCUT2D eigenvalue weighted by molar-refractivity contribution is 0.188. The van der Waals surface area contributed by atoms with Crippen LogP contribution in [0.4, 0.5) is 5.69 Å². The van der Waals surface area contributed by atoms with E-state index in [4.69, 9.17) is 5.73 Å². The first kappa shape index (κ1) is 7.67. The lowest BCUT2D eigenvalue weighted by Crippen LogP contribution is -2.16. The minimum atomic E-state index is -0.447. The molecule has 4 heteroatoms. The molecule has 66 valence electrons. The van der Waals surface area contributed by atoms with E-state index in [-0.39, 0.29) is 0 Å². The Morgan fingerprint density at radius 1 is 1.23 bits per heavy atom. The first-order chi connectivity index (χ1) is 6.18. The molecule has 0 fully saturated rings. The van der Waals surface area contributed by atoms with Gasteiger partial charge in [-0.3, -0.25) is 4.79 Å². The molecule has 0 amide bonds. The topological polar surface area (TPSA) is 68.2 Å². The highest BCUT2D eigenvalue weighted by Crippen LogP contribution is 2.14. The summed E-state index contributed by atoms with van der Waals surface area (Å²) < 4.78 is 0.606. The second kappa shape index (κ2) is 2.52. The number of aromatic nitrogens is 1. The Morgan fingerprint density at radius 2 is 2.00 bits per heavy atom. The average molecular weight is 176 g/mol. The molecular weight excluding hydrogens is 168 g/mol. The molecule has 0 radical (unpaired) electrons. The third-order valence-corrected chi connectivity index (χ3v) is 1.89. The molecule has 2 rings (SSSR count). The first-order valence-corrected chi connectivity index (χ1v) is 3.79. The lowest BCUT2D eigenvalue weighted by atomic mass is 10.2. The lowest BCUT2D eigenvalue weighted by Gasteiger charge is -2.02. The van der Waals surface area contributed by atoms with Gasteiger partial charge >= 0.3 is 0 Å². The van der Waals surface area contributed by atoms with Gasteiger partial charge < -0.3 is 10.9 Å². The molecule has 0 aliphatic rings. The van der Waals surface area contributed by atoms with Gasteiger partial charge in [-0.1, -0.05) is 0 Å². The Bertz CT molecular complexity index is 516. The fraction of sp³-hybridized carbons (Fsp3) is 0. The summed E-state index contributed by atoms with van der Waals surface area (Å²) in [4.78, 5) is 11.0. The van der Waals surface area contributed by atoms with Crippen molar-refractivity contribution in [1.29, 1.82) is 0 Å². The molecule has 0 saturated carbocycles. The number of nitrogens with two attached hydrogens (primary N) is 1. The van der Waals surface area contributed by atoms with E-state index in [2.05, 4.69) is 0 Å². The third kappa shape index (κ3) is 1.12. The van der Waals surface area contributed by atoms with Crippen LogP contribution in [0.1, 0.15) is 0 Å². The molecule has 0 atom stereocenters. The van der Waals surface area contributed by atoms with Gasteiger partial charge in [0.15, 0.2) is 0 Å². The molecule has 0 aliphatic carbocycles. The zero-order valence-corrected chi connectivity index (χ0v) is 6.77. The van der Waals surface area contributed by atoms with Crippen molar-refractivity contribution in [3.05, 3.63) is 40.7 Å². The van der Waals surface area contributed by atoms with Gasteiger partial charge in [0, 0.05) is 17.1 Å². The number of nitrogens with zero attached hydrogens (tertiary/aromatic N) is 1. The van der Waals surface area contributed by atoms with Crippen LogP contribution in [-0.4, -0.2) is 9.94 Å². The van der Waals surface area contributed by atoms with Crippen LogP contribution < -0.4 is 11.3 Å². The number of hydrogen-bond donors (Lipinski definition) is 2. The maximum atomic E-state index is 11.0. The summed E-state index contributed by atoms with van der Waals surface area (Å²) in [5, 5.41) is 10.1. The molecule has 0 saturated heterocycles. The van der Waals surface area contributed by atoms with E-state index in [1.165, 1.54) is 6.07 Å². The van der Waals surface area contributed by atoms with Gasteiger partial charge in [-0.15, -0.1) is 4.73 Å². The van der Waals surface area contributed by atoms with Crippen molar-refractivity contribution in [2.75, 3.05) is 5.73 Å². The van der Waals surface area contributed by atoms with Crippen LogP contribution in [-0.2, 0) is 0 Å². The predicted octanol–water partition coefficient (Wildman–Crippen LogP) is 0.821. The minimum Gasteiger partial charge on any atom is -0.425 e. The van der Waals surface area contributed by atoms with E-state index in [1.54, 1.807) is 24.3 Å². The number of anilines is 1. The zero-order chi connectivity index (χ0) is 9.42. The smallest absolute Gasteiger partial charge is 0.283 e. The van der Waals surface area contributed by atoms with Crippen LogP contribution in [0.2, 0.25) is 0 Å². The Labute approximate surface area is 73.8 Å². The van der Waals surface area contributed by atoms with Crippen LogP contribution in [0.5, 0.6) is 0 Å². The Balaban J connectivity index is 2.95. The van der Waals surface area contributed by atoms with Crippen molar-refractivity contribution in [2.45, 2.75) is 0 Å². The number of hydrogen-bond acceptors (Lipinski definition) is 3. The Kier molecular flexibility index (Phi) is 1.48. The van der Waals surface area contributed by atoms with Gasteiger partial charge in [0.2, 0.25) is 0 Å². The van der Waals surface area contributed by atoms with E-state index in [9.17, 15) is 10.0 Å². The summed E-state index contributed by atoms with van der Waals surface area (Å²) in [6.45, 7) is 0. The largest absolute Gasteiger partial charge is 0.425 e. The summed E-state index contributed by atoms with van der Waals surface area (Å²) in [5.41, 5.74) is 6.16. The summed E-state index contributed by atoms with van der Waals surface area (Å²) >= 11 is 0. The van der Waals surface area contributed by atoms with E-state index in [0.29, 0.717) is 15.9 Å². The molecule has 0 aliphatic heterocycles. The molecule has 0 spiro atoms.